The van der Waals surface area contributed by atoms with Crippen molar-refractivity contribution < 1.29 is 13.6 Å². The molecule has 18 heavy (non-hydrogen) atoms. The molecule has 1 aromatic carbocycles. The van der Waals surface area contributed by atoms with E-state index in [2.05, 4.69) is 10.6 Å². The molecule has 6 heteroatoms. The first kappa shape index (κ1) is 14.9. The van der Waals surface area contributed by atoms with Crippen LogP contribution in [0, 0.1) is 11.6 Å². The molecule has 1 unspecified atom stereocenters. The maximum Gasteiger partial charge on any atom is 0.254 e. The highest BCUT2D eigenvalue weighted by atomic mass is 35.5. The lowest BCUT2D eigenvalue weighted by atomic mass is 10.2. The van der Waals surface area contributed by atoms with Crippen LogP contribution in [0.25, 0.3) is 0 Å². The lowest BCUT2D eigenvalue weighted by Crippen LogP contribution is -2.37. The molecule has 0 aromatic heterocycles. The van der Waals surface area contributed by atoms with Crippen molar-refractivity contribution in [2.24, 2.45) is 0 Å². The van der Waals surface area contributed by atoms with Crippen LogP contribution in [0.1, 0.15) is 23.2 Å². The van der Waals surface area contributed by atoms with E-state index < -0.39 is 17.5 Å². The average molecular weight is 277 g/mol. The summed E-state index contributed by atoms with van der Waals surface area (Å²) in [5.74, 6) is -2.02. The first-order chi connectivity index (χ1) is 8.16. The van der Waals surface area contributed by atoms with Crippen LogP contribution >= 0.6 is 12.4 Å². The van der Waals surface area contributed by atoms with Gasteiger partial charge in [0, 0.05) is 18.7 Å². The van der Waals surface area contributed by atoms with Gasteiger partial charge in [-0.25, -0.2) is 8.78 Å². The lowest BCUT2D eigenvalue weighted by molar-refractivity contribution is 0.0946. The van der Waals surface area contributed by atoms with Gasteiger partial charge in [0.25, 0.3) is 5.91 Å². The van der Waals surface area contributed by atoms with Gasteiger partial charge in [-0.05, 0) is 31.5 Å². The van der Waals surface area contributed by atoms with Gasteiger partial charge in [-0.2, -0.15) is 0 Å². The van der Waals surface area contributed by atoms with E-state index in [0.717, 1.165) is 31.5 Å². The van der Waals surface area contributed by atoms with Gasteiger partial charge >= 0.3 is 0 Å². The zero-order valence-electron chi connectivity index (χ0n) is 9.71. The van der Waals surface area contributed by atoms with Crippen LogP contribution in [-0.2, 0) is 0 Å². The molecule has 0 aliphatic carbocycles. The number of amides is 1. The molecule has 1 amide bonds. The van der Waals surface area contributed by atoms with E-state index >= 15 is 0 Å². The van der Waals surface area contributed by atoms with Gasteiger partial charge in [0.1, 0.15) is 11.6 Å². The Morgan fingerprint density at radius 1 is 1.44 bits per heavy atom. The van der Waals surface area contributed by atoms with Crippen LogP contribution in [0.4, 0.5) is 8.78 Å². The molecule has 1 aliphatic heterocycles. The standard InChI is InChI=1S/C12H14F2N2O.ClH/c13-8-3-4-10(11(14)6-8)12(17)16-7-9-2-1-5-15-9;/h3-4,6,9,15H,1-2,5,7H2,(H,16,17);1H. The second-order valence-corrected chi connectivity index (χ2v) is 4.13. The molecule has 3 nitrogen and oxygen atoms in total. The van der Waals surface area contributed by atoms with Gasteiger partial charge in [0.05, 0.1) is 5.56 Å². The van der Waals surface area contributed by atoms with Crippen molar-refractivity contribution in [2.75, 3.05) is 13.1 Å². The van der Waals surface area contributed by atoms with Gasteiger partial charge < -0.3 is 10.6 Å². The number of nitrogens with one attached hydrogen (secondary N) is 2. The molecule has 1 aliphatic rings. The third-order valence-corrected chi connectivity index (χ3v) is 2.85. The third kappa shape index (κ3) is 3.65. The molecule has 1 aromatic rings. The van der Waals surface area contributed by atoms with Gasteiger partial charge in [-0.3, -0.25) is 4.79 Å². The maximum atomic E-state index is 13.3. The van der Waals surface area contributed by atoms with Crippen molar-refractivity contribution in [3.63, 3.8) is 0 Å². The van der Waals surface area contributed by atoms with Gasteiger partial charge in [0.15, 0.2) is 0 Å². The highest BCUT2D eigenvalue weighted by Crippen LogP contribution is 2.09. The minimum Gasteiger partial charge on any atom is -0.350 e. The second-order valence-electron chi connectivity index (χ2n) is 4.13. The SMILES string of the molecule is Cl.O=C(NCC1CCCN1)c1ccc(F)cc1F. The molecule has 0 bridgehead atoms. The molecule has 0 saturated carbocycles. The van der Waals surface area contributed by atoms with E-state index in [1.54, 1.807) is 0 Å². The Kier molecular flexibility index (Phi) is 5.50. The monoisotopic (exact) mass is 276 g/mol. The molecule has 2 N–H and O–H groups in total. The summed E-state index contributed by atoms with van der Waals surface area (Å²) in [6.07, 6.45) is 2.09. The zero-order valence-corrected chi connectivity index (χ0v) is 10.5. The quantitative estimate of drug-likeness (QED) is 0.885. The smallest absolute Gasteiger partial charge is 0.254 e. The molecule has 0 spiro atoms. The minimum atomic E-state index is -0.832. The number of benzene rings is 1. The van der Waals surface area contributed by atoms with Crippen molar-refractivity contribution in [3.8, 4) is 0 Å². The predicted molar refractivity (Wildman–Crippen MR) is 67.0 cm³/mol. The van der Waals surface area contributed by atoms with E-state index in [-0.39, 0.29) is 24.0 Å². The van der Waals surface area contributed by atoms with E-state index in [9.17, 15) is 13.6 Å². The summed E-state index contributed by atoms with van der Waals surface area (Å²) in [7, 11) is 0. The number of carbonyl (C=O) groups excluding carboxylic acids is 1. The molecular weight excluding hydrogens is 262 g/mol. The van der Waals surface area contributed by atoms with Crippen molar-refractivity contribution in [2.45, 2.75) is 18.9 Å². The molecule has 1 atom stereocenters. The van der Waals surface area contributed by atoms with Crippen LogP contribution in [0.5, 0.6) is 0 Å². The molecule has 1 saturated heterocycles. The maximum absolute atomic E-state index is 13.3. The van der Waals surface area contributed by atoms with E-state index in [0.29, 0.717) is 12.6 Å². The Morgan fingerprint density at radius 2 is 2.22 bits per heavy atom. The molecule has 1 heterocycles. The normalized spacial score (nSPS) is 18.2. The van der Waals surface area contributed by atoms with Gasteiger partial charge in [-0.1, -0.05) is 0 Å². The Morgan fingerprint density at radius 3 is 2.83 bits per heavy atom. The van der Waals surface area contributed by atoms with E-state index in [1.807, 2.05) is 0 Å². The van der Waals surface area contributed by atoms with Crippen LogP contribution in [-0.4, -0.2) is 25.0 Å². The summed E-state index contributed by atoms with van der Waals surface area (Å²) < 4.78 is 25.9. The van der Waals surface area contributed by atoms with Crippen molar-refractivity contribution >= 4 is 18.3 Å². The highest BCUT2D eigenvalue weighted by Gasteiger charge is 2.17. The Balaban J connectivity index is 0.00000162. The fourth-order valence-electron chi connectivity index (χ4n) is 1.92. The van der Waals surface area contributed by atoms with Crippen molar-refractivity contribution in [1.82, 2.24) is 10.6 Å². The summed E-state index contributed by atoms with van der Waals surface area (Å²) in [4.78, 5) is 11.6. The van der Waals surface area contributed by atoms with Crippen LogP contribution in [0.15, 0.2) is 18.2 Å². The number of rotatable bonds is 3. The number of hydrogen-bond donors (Lipinski definition) is 2. The van der Waals surface area contributed by atoms with E-state index in [1.165, 1.54) is 0 Å². The molecule has 2 rings (SSSR count). The van der Waals surface area contributed by atoms with Crippen molar-refractivity contribution in [3.05, 3.63) is 35.4 Å². The molecule has 100 valence electrons. The Labute approximate surface area is 110 Å². The fraction of sp³-hybridized carbons (Fsp3) is 0.417. The predicted octanol–water partition coefficient (Wildman–Crippen LogP) is 1.87. The summed E-state index contributed by atoms with van der Waals surface area (Å²) in [6, 6.07) is 3.19. The number of carbonyl (C=O) groups is 1. The topological polar surface area (TPSA) is 41.1 Å². The summed E-state index contributed by atoms with van der Waals surface area (Å²) in [6.45, 7) is 1.42. The lowest BCUT2D eigenvalue weighted by Gasteiger charge is -2.11. The van der Waals surface area contributed by atoms with Crippen molar-refractivity contribution in [1.29, 1.82) is 0 Å². The zero-order chi connectivity index (χ0) is 12.3. The van der Waals surface area contributed by atoms with Gasteiger partial charge in [0.2, 0.25) is 0 Å². The highest BCUT2D eigenvalue weighted by molar-refractivity contribution is 5.94. The first-order valence-electron chi connectivity index (χ1n) is 5.63. The average Bonchev–Trinajstić information content (AvgIpc) is 2.78. The van der Waals surface area contributed by atoms with Gasteiger partial charge in [-0.15, -0.1) is 12.4 Å². The largest absolute Gasteiger partial charge is 0.350 e. The number of halogens is 3. The Bertz CT molecular complexity index is 423. The Hall–Kier alpha value is -1.20. The molecule has 0 radical (unpaired) electrons. The molecule has 1 fully saturated rings. The van der Waals surface area contributed by atoms with Crippen LogP contribution in [0.3, 0.4) is 0 Å². The van der Waals surface area contributed by atoms with E-state index in [4.69, 9.17) is 0 Å². The summed E-state index contributed by atoms with van der Waals surface area (Å²) in [5, 5.41) is 5.86. The second kappa shape index (κ2) is 6.66. The number of hydrogen-bond acceptors (Lipinski definition) is 2. The third-order valence-electron chi connectivity index (χ3n) is 2.85. The first-order valence-corrected chi connectivity index (χ1v) is 5.63. The molecular formula is C12H15ClF2N2O. The van der Waals surface area contributed by atoms with Crippen LogP contribution in [0.2, 0.25) is 0 Å². The van der Waals surface area contributed by atoms with Crippen LogP contribution < -0.4 is 10.6 Å². The summed E-state index contributed by atoms with van der Waals surface area (Å²) >= 11 is 0. The summed E-state index contributed by atoms with van der Waals surface area (Å²) in [5.41, 5.74) is -0.121. The fourth-order valence-corrected chi connectivity index (χ4v) is 1.92. The minimum absolute atomic E-state index is 0.